The second-order valence-electron chi connectivity index (χ2n) is 2.31. The van der Waals surface area contributed by atoms with E-state index >= 15 is 0 Å². The fraction of sp³-hybridized carbons (Fsp3) is 0.143. The zero-order chi connectivity index (χ0) is 10.0. The molecule has 0 aliphatic rings. The first-order valence-corrected chi connectivity index (χ1v) is 3.30. The van der Waals surface area contributed by atoms with Crippen molar-refractivity contribution in [3.8, 4) is 6.07 Å². The minimum Gasteiger partial charge on any atom is -0.478 e. The Morgan fingerprint density at radius 3 is 2.69 bits per heavy atom. The number of nitriles is 1. The summed E-state index contributed by atoms with van der Waals surface area (Å²) in [6.07, 6.45) is 0. The molecule has 0 fully saturated rings. The summed E-state index contributed by atoms with van der Waals surface area (Å²) < 4.78 is 0. The number of hydrogen-bond acceptors (Lipinski definition) is 4. The Morgan fingerprint density at radius 2 is 2.31 bits per heavy atom. The number of carbonyl (C=O) groups is 1. The van der Waals surface area contributed by atoms with E-state index in [1.165, 1.54) is 13.0 Å². The van der Waals surface area contributed by atoms with Crippen molar-refractivity contribution in [1.29, 1.82) is 5.26 Å². The van der Waals surface area contributed by atoms with Gasteiger partial charge in [0.1, 0.15) is 17.2 Å². The van der Waals surface area contributed by atoms with Crippen molar-refractivity contribution >= 4 is 5.97 Å². The maximum Gasteiger partial charge on any atom is 0.339 e. The van der Waals surface area contributed by atoms with Crippen molar-refractivity contribution in [2.75, 3.05) is 0 Å². The van der Waals surface area contributed by atoms with Crippen LogP contribution in [0.4, 0.5) is 0 Å². The topological polar surface area (TPSA) is 107 Å². The Kier molecular flexibility index (Phi) is 2.11. The van der Waals surface area contributed by atoms with E-state index < -0.39 is 17.1 Å². The fourth-order valence-electron chi connectivity index (χ4n) is 0.909. The summed E-state index contributed by atoms with van der Waals surface area (Å²) in [4.78, 5) is 21.5. The maximum atomic E-state index is 10.9. The lowest BCUT2D eigenvalue weighted by molar-refractivity contribution is 0.0694. The highest BCUT2D eigenvalue weighted by Gasteiger charge is 2.17. The summed E-state index contributed by atoms with van der Waals surface area (Å²) in [5.41, 5.74) is -1.43. The fourth-order valence-corrected chi connectivity index (χ4v) is 0.909. The Bertz CT molecular complexity index is 455. The first-order valence-electron chi connectivity index (χ1n) is 3.30. The summed E-state index contributed by atoms with van der Waals surface area (Å²) in [6.45, 7) is 1.40. The van der Waals surface area contributed by atoms with Gasteiger partial charge in [-0.1, -0.05) is 0 Å². The van der Waals surface area contributed by atoms with Gasteiger partial charge in [-0.15, -0.1) is 0 Å². The molecule has 6 nitrogen and oxygen atoms in total. The van der Waals surface area contributed by atoms with Crippen molar-refractivity contribution in [3.63, 3.8) is 0 Å². The Hall–Kier alpha value is -2.16. The van der Waals surface area contributed by atoms with Crippen LogP contribution in [-0.2, 0) is 0 Å². The first kappa shape index (κ1) is 8.93. The average Bonchev–Trinajstić information content (AvgIpc) is 2.07. The van der Waals surface area contributed by atoms with Crippen LogP contribution < -0.4 is 5.56 Å². The number of aromatic nitrogens is 2. The number of rotatable bonds is 1. The lowest BCUT2D eigenvalue weighted by atomic mass is 10.1. The van der Waals surface area contributed by atoms with Crippen molar-refractivity contribution in [2.24, 2.45) is 0 Å². The summed E-state index contributed by atoms with van der Waals surface area (Å²) in [5.74, 6) is -1.33. The molecule has 1 aromatic rings. The molecule has 0 radical (unpaired) electrons. The molecule has 0 spiro atoms. The standard InChI is InChI=1S/C7H5N3O3/c1-3-5(7(12)13)4(2-8)6(11)10-9-3/h1H3,(H,10,11)(H,12,13). The molecule has 66 valence electrons. The van der Waals surface area contributed by atoms with E-state index in [-0.39, 0.29) is 11.3 Å². The predicted octanol–water partition coefficient (Wildman–Crippen LogP) is -0.352. The molecule has 0 aromatic carbocycles. The molecule has 0 amide bonds. The molecule has 2 N–H and O–H groups in total. The minimum absolute atomic E-state index is 0.114. The zero-order valence-electron chi connectivity index (χ0n) is 6.66. The third-order valence-corrected chi connectivity index (χ3v) is 1.49. The van der Waals surface area contributed by atoms with E-state index in [1.807, 2.05) is 5.10 Å². The largest absolute Gasteiger partial charge is 0.478 e. The van der Waals surface area contributed by atoms with E-state index in [4.69, 9.17) is 10.4 Å². The van der Waals surface area contributed by atoms with E-state index in [2.05, 4.69) is 5.10 Å². The lowest BCUT2D eigenvalue weighted by Crippen LogP contribution is -2.19. The van der Waals surface area contributed by atoms with Crippen LogP contribution in [-0.4, -0.2) is 21.3 Å². The van der Waals surface area contributed by atoms with Crippen molar-refractivity contribution in [3.05, 3.63) is 27.2 Å². The van der Waals surface area contributed by atoms with Gasteiger partial charge in [0, 0.05) is 0 Å². The normalized spacial score (nSPS) is 9.23. The van der Waals surface area contributed by atoms with Gasteiger partial charge in [-0.2, -0.15) is 10.4 Å². The van der Waals surface area contributed by atoms with Gasteiger partial charge in [-0.3, -0.25) is 4.79 Å². The molecule has 1 heterocycles. The molecule has 1 rings (SSSR count). The van der Waals surface area contributed by atoms with Gasteiger partial charge >= 0.3 is 5.97 Å². The van der Waals surface area contributed by atoms with Crippen molar-refractivity contribution in [1.82, 2.24) is 10.2 Å². The number of hydrogen-bond donors (Lipinski definition) is 2. The quantitative estimate of drug-likeness (QED) is 0.612. The molecule has 0 aliphatic carbocycles. The summed E-state index contributed by atoms with van der Waals surface area (Å²) in [5, 5.41) is 22.6. The molecule has 6 heteroatoms. The number of aryl methyl sites for hydroxylation is 1. The molecule has 0 saturated heterocycles. The molecule has 0 bridgehead atoms. The van der Waals surface area contributed by atoms with Crippen LogP contribution in [0.3, 0.4) is 0 Å². The first-order chi connectivity index (χ1) is 6.07. The van der Waals surface area contributed by atoms with Gasteiger partial charge in [0.25, 0.3) is 5.56 Å². The summed E-state index contributed by atoms with van der Waals surface area (Å²) >= 11 is 0. The number of carboxylic acids is 1. The van der Waals surface area contributed by atoms with E-state index in [0.29, 0.717) is 0 Å². The van der Waals surface area contributed by atoms with Crippen LogP contribution in [0, 0.1) is 18.3 Å². The predicted molar refractivity (Wildman–Crippen MR) is 41.3 cm³/mol. The summed E-state index contributed by atoms with van der Waals surface area (Å²) in [7, 11) is 0. The number of nitrogens with one attached hydrogen (secondary N) is 1. The molecule has 13 heavy (non-hydrogen) atoms. The Labute approximate surface area is 72.4 Å². The molecule has 0 atom stereocenters. The SMILES string of the molecule is Cc1n[nH]c(=O)c(C#N)c1C(=O)O. The van der Waals surface area contributed by atoms with Crippen molar-refractivity contribution in [2.45, 2.75) is 6.92 Å². The van der Waals surface area contributed by atoms with Gasteiger partial charge in [0.05, 0.1) is 5.69 Å². The van der Waals surface area contributed by atoms with Gasteiger partial charge in [-0.25, -0.2) is 9.89 Å². The van der Waals surface area contributed by atoms with Gasteiger partial charge < -0.3 is 5.11 Å². The third-order valence-electron chi connectivity index (χ3n) is 1.49. The Morgan fingerprint density at radius 1 is 1.69 bits per heavy atom. The zero-order valence-corrected chi connectivity index (χ0v) is 6.66. The van der Waals surface area contributed by atoms with Crippen LogP contribution >= 0.6 is 0 Å². The number of aromatic carboxylic acids is 1. The number of carboxylic acid groups (broad SMARTS) is 1. The number of nitrogens with zero attached hydrogens (tertiary/aromatic N) is 2. The highest BCUT2D eigenvalue weighted by Crippen LogP contribution is 2.05. The molecule has 1 aromatic heterocycles. The number of aromatic amines is 1. The maximum absolute atomic E-state index is 10.9. The lowest BCUT2D eigenvalue weighted by Gasteiger charge is -1.98. The van der Waals surface area contributed by atoms with E-state index in [0.717, 1.165) is 0 Å². The van der Waals surface area contributed by atoms with E-state index in [9.17, 15) is 9.59 Å². The van der Waals surface area contributed by atoms with Crippen LogP contribution in [0.5, 0.6) is 0 Å². The van der Waals surface area contributed by atoms with Crippen LogP contribution in [0.1, 0.15) is 21.6 Å². The highest BCUT2D eigenvalue weighted by atomic mass is 16.4. The third kappa shape index (κ3) is 1.39. The monoisotopic (exact) mass is 179 g/mol. The molecule has 0 unspecified atom stereocenters. The minimum atomic E-state index is -1.33. The highest BCUT2D eigenvalue weighted by molar-refractivity contribution is 5.91. The molecule has 0 saturated carbocycles. The van der Waals surface area contributed by atoms with Crippen LogP contribution in [0.2, 0.25) is 0 Å². The molecular formula is C7H5N3O3. The molecule has 0 aliphatic heterocycles. The van der Waals surface area contributed by atoms with Crippen LogP contribution in [0.15, 0.2) is 4.79 Å². The Balaban J connectivity index is 3.66. The summed E-state index contributed by atoms with van der Waals surface area (Å²) in [6, 6.07) is 1.52. The van der Waals surface area contributed by atoms with Gasteiger partial charge in [0.2, 0.25) is 0 Å². The van der Waals surface area contributed by atoms with Crippen LogP contribution in [0.25, 0.3) is 0 Å². The van der Waals surface area contributed by atoms with Crippen molar-refractivity contribution < 1.29 is 9.90 Å². The smallest absolute Gasteiger partial charge is 0.339 e. The van der Waals surface area contributed by atoms with E-state index in [1.54, 1.807) is 0 Å². The van der Waals surface area contributed by atoms with Gasteiger partial charge in [0.15, 0.2) is 0 Å². The second-order valence-corrected chi connectivity index (χ2v) is 2.31. The van der Waals surface area contributed by atoms with Gasteiger partial charge in [-0.05, 0) is 6.92 Å². The average molecular weight is 179 g/mol. The molecular weight excluding hydrogens is 174 g/mol. The number of H-pyrrole nitrogens is 1. The second kappa shape index (κ2) is 3.06.